The molecule has 5 heteroatoms. The lowest BCUT2D eigenvalue weighted by Crippen LogP contribution is -3.00. The highest BCUT2D eigenvalue weighted by atomic mass is 79.9. The molecular weight excluding hydrogens is 308 g/mol. The molecule has 0 spiro atoms. The van der Waals surface area contributed by atoms with Gasteiger partial charge < -0.3 is 5.32 Å². The lowest BCUT2D eigenvalue weighted by Gasteiger charge is -2.21. The van der Waals surface area contributed by atoms with Gasteiger partial charge >= 0.3 is 0 Å². The average molecular weight is 326 g/mol. The minimum absolute atomic E-state index is 0.0731. The van der Waals surface area contributed by atoms with Crippen LogP contribution in [0.2, 0.25) is 0 Å². The molecule has 1 aliphatic heterocycles. The van der Waals surface area contributed by atoms with Gasteiger partial charge in [0.15, 0.2) is 6.04 Å². The van der Waals surface area contributed by atoms with E-state index < -0.39 is 0 Å². The Morgan fingerprint density at radius 2 is 1.79 bits per heavy atom. The van der Waals surface area contributed by atoms with Gasteiger partial charge in [0, 0.05) is 4.47 Å². The first kappa shape index (κ1) is 14.2. The highest BCUT2D eigenvalue weighted by Crippen LogP contribution is 2.23. The molecule has 102 valence electrons. The lowest BCUT2D eigenvalue weighted by atomic mass is 10.1. The number of rotatable bonds is 2. The molecule has 0 unspecified atom stereocenters. The zero-order valence-electron chi connectivity index (χ0n) is 11.3. The van der Waals surface area contributed by atoms with E-state index in [0.29, 0.717) is 5.69 Å². The van der Waals surface area contributed by atoms with Crippen LogP contribution in [0.25, 0.3) is 0 Å². The van der Waals surface area contributed by atoms with Gasteiger partial charge in [0.1, 0.15) is 0 Å². The predicted octanol–water partition coefficient (Wildman–Crippen LogP) is 1.44. The number of carbonyl (C=O) groups excluding carboxylic acids is 2. The van der Waals surface area contributed by atoms with E-state index in [1.165, 1.54) is 4.90 Å². The van der Waals surface area contributed by atoms with Gasteiger partial charge in [-0.25, -0.2) is 4.90 Å². The van der Waals surface area contributed by atoms with Crippen LogP contribution in [-0.2, 0) is 9.59 Å². The molecule has 0 radical (unpaired) electrons. The van der Waals surface area contributed by atoms with Crippen molar-refractivity contribution in [3.05, 3.63) is 28.7 Å². The molecule has 1 aliphatic rings. The highest BCUT2D eigenvalue weighted by molar-refractivity contribution is 9.10. The molecule has 0 saturated carbocycles. The van der Waals surface area contributed by atoms with E-state index in [4.69, 9.17) is 0 Å². The second kappa shape index (κ2) is 5.06. The Balaban J connectivity index is 2.21. The van der Waals surface area contributed by atoms with Gasteiger partial charge in [-0.2, -0.15) is 0 Å². The molecule has 1 aromatic carbocycles. The zero-order valence-corrected chi connectivity index (χ0v) is 12.9. The summed E-state index contributed by atoms with van der Waals surface area (Å²) < 4.78 is 0.924. The van der Waals surface area contributed by atoms with Crippen molar-refractivity contribution in [1.29, 1.82) is 0 Å². The number of imide groups is 1. The minimum Gasteiger partial charge on any atom is -0.331 e. The number of nitrogens with two attached hydrogens (primary N) is 1. The predicted molar refractivity (Wildman–Crippen MR) is 76.7 cm³/mol. The van der Waals surface area contributed by atoms with Gasteiger partial charge in [-0.15, -0.1) is 0 Å². The van der Waals surface area contributed by atoms with Crippen molar-refractivity contribution in [1.82, 2.24) is 0 Å². The van der Waals surface area contributed by atoms with Gasteiger partial charge in [-0.3, -0.25) is 9.59 Å². The van der Waals surface area contributed by atoms with Crippen LogP contribution in [0.1, 0.15) is 27.2 Å². The molecule has 1 atom stereocenters. The second-order valence-electron chi connectivity index (χ2n) is 5.89. The normalized spacial score (nSPS) is 20.2. The van der Waals surface area contributed by atoms with E-state index in [9.17, 15) is 9.59 Å². The molecule has 0 aliphatic carbocycles. The van der Waals surface area contributed by atoms with Crippen LogP contribution in [0.4, 0.5) is 5.69 Å². The Hall–Kier alpha value is -1.20. The zero-order chi connectivity index (χ0) is 14.2. The number of nitrogens with zero attached hydrogens (tertiary/aromatic N) is 1. The van der Waals surface area contributed by atoms with Crippen molar-refractivity contribution < 1.29 is 14.9 Å². The van der Waals surface area contributed by atoms with Crippen molar-refractivity contribution >= 4 is 33.4 Å². The number of anilines is 1. The number of amides is 2. The first-order valence-corrected chi connectivity index (χ1v) is 7.05. The lowest BCUT2D eigenvalue weighted by molar-refractivity contribution is -0.734. The average Bonchev–Trinajstić information content (AvgIpc) is 2.54. The summed E-state index contributed by atoms with van der Waals surface area (Å²) in [5.74, 6) is -0.250. The fourth-order valence-electron chi connectivity index (χ4n) is 2.25. The van der Waals surface area contributed by atoms with Crippen LogP contribution in [0.5, 0.6) is 0 Å². The summed E-state index contributed by atoms with van der Waals surface area (Å²) in [5, 5.41) is 1.96. The number of hydrogen-bond acceptors (Lipinski definition) is 2. The van der Waals surface area contributed by atoms with Crippen molar-refractivity contribution in [3.63, 3.8) is 0 Å². The monoisotopic (exact) mass is 325 g/mol. The summed E-state index contributed by atoms with van der Waals surface area (Å²) in [4.78, 5) is 25.7. The van der Waals surface area contributed by atoms with Crippen LogP contribution in [0.15, 0.2) is 28.7 Å². The first-order valence-electron chi connectivity index (χ1n) is 6.26. The van der Waals surface area contributed by atoms with Crippen LogP contribution in [-0.4, -0.2) is 23.4 Å². The van der Waals surface area contributed by atoms with E-state index in [2.05, 4.69) is 15.9 Å². The maximum Gasteiger partial charge on any atom is 0.292 e. The topological polar surface area (TPSA) is 54.0 Å². The quantitative estimate of drug-likeness (QED) is 0.836. The fourth-order valence-corrected chi connectivity index (χ4v) is 2.51. The minimum atomic E-state index is -0.309. The van der Waals surface area contributed by atoms with Crippen molar-refractivity contribution in [3.8, 4) is 0 Å². The summed E-state index contributed by atoms with van der Waals surface area (Å²) in [6.07, 6.45) is 0.270. The van der Waals surface area contributed by atoms with Crippen molar-refractivity contribution in [2.24, 2.45) is 0 Å². The SMILES string of the molecule is CC(C)(C)[NH2+][C@@H]1CC(=O)N(c2ccc(Br)cc2)C1=O. The molecular formula is C14H18BrN2O2+. The van der Waals surface area contributed by atoms with E-state index >= 15 is 0 Å². The Kier molecular flexibility index (Phi) is 3.78. The summed E-state index contributed by atoms with van der Waals surface area (Å²) in [5.41, 5.74) is 0.569. The molecule has 4 nitrogen and oxygen atoms in total. The number of hydrogen-bond donors (Lipinski definition) is 1. The summed E-state index contributed by atoms with van der Waals surface area (Å²) in [6.45, 7) is 6.10. The van der Waals surface area contributed by atoms with Crippen LogP contribution in [0, 0.1) is 0 Å². The number of quaternary nitrogens is 1. The molecule has 1 fully saturated rings. The van der Waals surface area contributed by atoms with Crippen LogP contribution < -0.4 is 10.2 Å². The maximum absolute atomic E-state index is 12.3. The number of halogens is 1. The standard InChI is InChI=1S/C14H17BrN2O2/c1-14(2,3)16-11-8-12(18)17(13(11)19)10-6-4-9(15)5-7-10/h4-7,11,16H,8H2,1-3H3/p+1/t11-/m1/s1. The second-order valence-corrected chi connectivity index (χ2v) is 6.80. The van der Waals surface area contributed by atoms with Gasteiger partial charge in [0.25, 0.3) is 5.91 Å². The maximum atomic E-state index is 12.3. The third-order valence-corrected chi connectivity index (χ3v) is 3.50. The van der Waals surface area contributed by atoms with Gasteiger partial charge in [-0.1, -0.05) is 15.9 Å². The molecule has 0 aromatic heterocycles. The first-order chi connectivity index (χ1) is 8.78. The third-order valence-electron chi connectivity index (χ3n) is 2.97. The summed E-state index contributed by atoms with van der Waals surface area (Å²) in [7, 11) is 0. The molecule has 1 heterocycles. The van der Waals surface area contributed by atoms with Crippen LogP contribution in [0.3, 0.4) is 0 Å². The molecule has 1 saturated heterocycles. The number of benzene rings is 1. The summed E-state index contributed by atoms with van der Waals surface area (Å²) in [6, 6.07) is 6.91. The number of carbonyl (C=O) groups is 2. The summed E-state index contributed by atoms with van der Waals surface area (Å²) >= 11 is 3.34. The molecule has 19 heavy (non-hydrogen) atoms. The smallest absolute Gasteiger partial charge is 0.292 e. The molecule has 2 amide bonds. The molecule has 2 N–H and O–H groups in total. The third kappa shape index (κ3) is 3.22. The van der Waals surface area contributed by atoms with E-state index in [1.807, 2.05) is 38.2 Å². The van der Waals surface area contributed by atoms with E-state index in [-0.39, 0.29) is 29.8 Å². The fraction of sp³-hybridized carbons (Fsp3) is 0.429. The van der Waals surface area contributed by atoms with Crippen molar-refractivity contribution in [2.45, 2.75) is 38.8 Å². The highest BCUT2D eigenvalue weighted by Gasteiger charge is 2.43. The Morgan fingerprint density at radius 1 is 1.21 bits per heavy atom. The van der Waals surface area contributed by atoms with Gasteiger partial charge in [0.2, 0.25) is 5.91 Å². The van der Waals surface area contributed by atoms with Gasteiger partial charge in [-0.05, 0) is 45.0 Å². The molecule has 2 rings (SSSR count). The van der Waals surface area contributed by atoms with E-state index in [0.717, 1.165) is 4.47 Å². The molecule has 1 aromatic rings. The Bertz CT molecular complexity index is 505. The Morgan fingerprint density at radius 3 is 2.32 bits per heavy atom. The van der Waals surface area contributed by atoms with E-state index in [1.54, 1.807) is 12.1 Å². The van der Waals surface area contributed by atoms with Crippen molar-refractivity contribution in [2.75, 3.05) is 4.90 Å². The van der Waals surface area contributed by atoms with Gasteiger partial charge in [0.05, 0.1) is 17.6 Å². The largest absolute Gasteiger partial charge is 0.331 e. The Labute approximate surface area is 121 Å². The van der Waals surface area contributed by atoms with Crippen LogP contribution >= 0.6 is 15.9 Å². The molecule has 0 bridgehead atoms.